The van der Waals surface area contributed by atoms with Gasteiger partial charge in [0.15, 0.2) is 5.65 Å². The Bertz CT molecular complexity index is 477. The third-order valence-electron chi connectivity index (χ3n) is 1.69. The molecule has 0 radical (unpaired) electrons. The molecule has 2 heterocycles. The molecule has 13 heavy (non-hydrogen) atoms. The van der Waals surface area contributed by atoms with Crippen molar-refractivity contribution < 1.29 is 0 Å². The second kappa shape index (κ2) is 3.08. The molecule has 2 rings (SSSR count). The number of nitrogens with zero attached hydrogens (tertiary/aromatic N) is 2. The fourth-order valence-electron chi connectivity index (χ4n) is 1.10. The van der Waals surface area contributed by atoms with E-state index in [0.29, 0.717) is 10.7 Å². The number of hydrogen-bond acceptors (Lipinski definition) is 2. The summed E-state index contributed by atoms with van der Waals surface area (Å²) >= 11 is 8.22. The monoisotopic (exact) mass is 255 g/mol. The minimum absolute atomic E-state index is 0.315. The molecular weight excluding hydrogens is 250 g/mol. The van der Waals surface area contributed by atoms with Crippen molar-refractivity contribution in [3.05, 3.63) is 34.7 Å². The van der Waals surface area contributed by atoms with E-state index in [1.807, 2.05) is 28.9 Å². The van der Waals surface area contributed by atoms with Crippen LogP contribution in [0.2, 0.25) is 0 Å². The Kier molecular flexibility index (Phi) is 2.05. The molecule has 2 aromatic heterocycles. The average Bonchev–Trinajstić information content (AvgIpc) is 2.49. The van der Waals surface area contributed by atoms with Crippen LogP contribution in [-0.2, 0) is 0 Å². The summed E-state index contributed by atoms with van der Waals surface area (Å²) in [5, 5.41) is 0. The maximum atomic E-state index is 5.47. The van der Waals surface area contributed by atoms with Crippen LogP contribution in [0, 0.1) is 0 Å². The molecule has 0 bridgehead atoms. The highest BCUT2D eigenvalue weighted by molar-refractivity contribution is 9.10. The van der Waals surface area contributed by atoms with Gasteiger partial charge in [0.25, 0.3) is 0 Å². The van der Waals surface area contributed by atoms with Crippen LogP contribution in [0.3, 0.4) is 0 Å². The van der Waals surface area contributed by atoms with E-state index >= 15 is 0 Å². The van der Waals surface area contributed by atoms with Gasteiger partial charge in [0.2, 0.25) is 0 Å². The molecule has 2 N–H and O–H groups in total. The lowest BCUT2D eigenvalue weighted by Gasteiger charge is -1.92. The zero-order chi connectivity index (χ0) is 9.42. The first-order valence-electron chi connectivity index (χ1n) is 3.61. The van der Waals surface area contributed by atoms with E-state index in [2.05, 4.69) is 20.9 Å². The van der Waals surface area contributed by atoms with Crippen molar-refractivity contribution >= 4 is 38.8 Å². The van der Waals surface area contributed by atoms with Crippen molar-refractivity contribution in [2.45, 2.75) is 0 Å². The third kappa shape index (κ3) is 1.45. The Morgan fingerprint density at radius 1 is 1.62 bits per heavy atom. The standard InChI is InChI=1S/C8H6BrN3S/c9-5-2-1-3-12-4-6(7(10)13)11-8(5)12/h1-4H,(H2,10,13). The number of halogens is 1. The second-order valence-electron chi connectivity index (χ2n) is 2.58. The molecule has 0 aliphatic carbocycles. The number of pyridine rings is 1. The summed E-state index contributed by atoms with van der Waals surface area (Å²) in [6, 6.07) is 3.84. The fourth-order valence-corrected chi connectivity index (χ4v) is 1.64. The molecule has 3 nitrogen and oxygen atoms in total. The van der Waals surface area contributed by atoms with Gasteiger partial charge in [0.1, 0.15) is 10.7 Å². The Morgan fingerprint density at radius 3 is 3.00 bits per heavy atom. The lowest BCUT2D eigenvalue weighted by molar-refractivity contribution is 1.18. The molecule has 0 atom stereocenters. The topological polar surface area (TPSA) is 43.3 Å². The molecule has 0 aliphatic heterocycles. The molecule has 0 amide bonds. The smallest absolute Gasteiger partial charge is 0.151 e. The van der Waals surface area contributed by atoms with Crippen LogP contribution in [0.1, 0.15) is 5.69 Å². The summed E-state index contributed by atoms with van der Waals surface area (Å²) < 4.78 is 2.80. The van der Waals surface area contributed by atoms with E-state index in [9.17, 15) is 0 Å². The Balaban J connectivity index is 2.75. The van der Waals surface area contributed by atoms with Gasteiger partial charge in [0.05, 0.1) is 4.47 Å². The highest BCUT2D eigenvalue weighted by atomic mass is 79.9. The van der Waals surface area contributed by atoms with E-state index in [1.54, 1.807) is 0 Å². The number of thiocarbonyl (C=S) groups is 1. The van der Waals surface area contributed by atoms with Crippen LogP contribution in [-0.4, -0.2) is 14.4 Å². The average molecular weight is 256 g/mol. The molecule has 0 saturated heterocycles. The molecule has 0 spiro atoms. The van der Waals surface area contributed by atoms with E-state index in [0.717, 1.165) is 10.1 Å². The van der Waals surface area contributed by atoms with Crippen LogP contribution < -0.4 is 5.73 Å². The Morgan fingerprint density at radius 2 is 2.38 bits per heavy atom. The fraction of sp³-hybridized carbons (Fsp3) is 0. The van der Waals surface area contributed by atoms with Gasteiger partial charge in [-0.15, -0.1) is 0 Å². The number of fused-ring (bicyclic) bond motifs is 1. The highest BCUT2D eigenvalue weighted by Crippen LogP contribution is 2.16. The zero-order valence-corrected chi connectivity index (χ0v) is 8.97. The summed E-state index contributed by atoms with van der Waals surface area (Å²) in [5.41, 5.74) is 6.93. The van der Waals surface area contributed by atoms with Gasteiger partial charge in [-0.25, -0.2) is 4.98 Å². The van der Waals surface area contributed by atoms with E-state index in [4.69, 9.17) is 18.0 Å². The van der Waals surface area contributed by atoms with E-state index in [1.165, 1.54) is 0 Å². The van der Waals surface area contributed by atoms with Gasteiger partial charge in [-0.1, -0.05) is 12.2 Å². The Labute approximate surface area is 88.7 Å². The Hall–Kier alpha value is -0.940. The van der Waals surface area contributed by atoms with Crippen LogP contribution >= 0.6 is 28.1 Å². The molecule has 0 aliphatic rings. The van der Waals surface area contributed by atoms with Gasteiger partial charge >= 0.3 is 0 Å². The van der Waals surface area contributed by atoms with Gasteiger partial charge in [0, 0.05) is 12.4 Å². The maximum Gasteiger partial charge on any atom is 0.151 e. The van der Waals surface area contributed by atoms with Crippen LogP contribution in [0.25, 0.3) is 5.65 Å². The quantitative estimate of drug-likeness (QED) is 0.790. The molecule has 0 unspecified atom stereocenters. The van der Waals surface area contributed by atoms with Crippen LogP contribution in [0.5, 0.6) is 0 Å². The van der Waals surface area contributed by atoms with Gasteiger partial charge in [-0.3, -0.25) is 0 Å². The predicted octanol–water partition coefficient (Wildman–Crippen LogP) is 1.73. The summed E-state index contributed by atoms with van der Waals surface area (Å²) in [6.45, 7) is 0. The van der Waals surface area contributed by atoms with Crippen molar-refractivity contribution in [3.63, 3.8) is 0 Å². The molecule has 5 heteroatoms. The summed E-state index contributed by atoms with van der Waals surface area (Å²) in [5.74, 6) is 0. The van der Waals surface area contributed by atoms with Gasteiger partial charge in [-0.05, 0) is 28.1 Å². The highest BCUT2D eigenvalue weighted by Gasteiger charge is 2.05. The van der Waals surface area contributed by atoms with Crippen molar-refractivity contribution in [1.29, 1.82) is 0 Å². The number of rotatable bonds is 1. The van der Waals surface area contributed by atoms with Crippen LogP contribution in [0.4, 0.5) is 0 Å². The first-order chi connectivity index (χ1) is 6.18. The van der Waals surface area contributed by atoms with Crippen molar-refractivity contribution in [1.82, 2.24) is 9.38 Å². The minimum Gasteiger partial charge on any atom is -0.388 e. The van der Waals surface area contributed by atoms with E-state index < -0.39 is 0 Å². The van der Waals surface area contributed by atoms with Crippen LogP contribution in [0.15, 0.2) is 29.0 Å². The lowest BCUT2D eigenvalue weighted by atomic mass is 10.5. The minimum atomic E-state index is 0.315. The molecule has 0 aromatic carbocycles. The van der Waals surface area contributed by atoms with E-state index in [-0.39, 0.29) is 0 Å². The lowest BCUT2D eigenvalue weighted by Crippen LogP contribution is -2.09. The number of aromatic nitrogens is 2. The third-order valence-corrected chi connectivity index (χ3v) is 2.52. The predicted molar refractivity (Wildman–Crippen MR) is 58.8 cm³/mol. The first-order valence-corrected chi connectivity index (χ1v) is 4.81. The summed E-state index contributed by atoms with van der Waals surface area (Å²) in [7, 11) is 0. The van der Waals surface area contributed by atoms with Crippen molar-refractivity contribution in [2.75, 3.05) is 0 Å². The summed E-state index contributed by atoms with van der Waals surface area (Å²) in [6.07, 6.45) is 3.71. The number of nitrogens with two attached hydrogens (primary N) is 1. The first kappa shape index (κ1) is 8.65. The molecular formula is C8H6BrN3S. The zero-order valence-electron chi connectivity index (χ0n) is 6.57. The molecule has 2 aromatic rings. The van der Waals surface area contributed by atoms with Gasteiger partial charge in [-0.2, -0.15) is 0 Å². The molecule has 0 fully saturated rings. The van der Waals surface area contributed by atoms with Crippen molar-refractivity contribution in [3.8, 4) is 0 Å². The van der Waals surface area contributed by atoms with Gasteiger partial charge < -0.3 is 10.1 Å². The summed E-state index contributed by atoms with van der Waals surface area (Å²) in [4.78, 5) is 4.58. The SMILES string of the molecule is NC(=S)c1cn2cccc(Br)c2n1. The number of hydrogen-bond donors (Lipinski definition) is 1. The second-order valence-corrected chi connectivity index (χ2v) is 3.87. The normalized spacial score (nSPS) is 10.5. The molecule has 66 valence electrons. The molecule has 0 saturated carbocycles. The largest absolute Gasteiger partial charge is 0.388 e. The van der Waals surface area contributed by atoms with Crippen molar-refractivity contribution in [2.24, 2.45) is 5.73 Å². The maximum absolute atomic E-state index is 5.47. The number of imidazole rings is 1.